The summed E-state index contributed by atoms with van der Waals surface area (Å²) in [7, 11) is 0. The first kappa shape index (κ1) is 16.7. The standard InChI is InChI=1S/C16H14BrN3O3/c1-10(21)19-14-5-2-11(3-6-14)16(23)20-18-9-12-8-13(17)4-7-15(12)22/h2-9,22H,1H3,(H,19,21)(H,20,23)/b18-9+. The Morgan fingerprint density at radius 1 is 1.17 bits per heavy atom. The van der Waals surface area contributed by atoms with Crippen molar-refractivity contribution in [3.63, 3.8) is 0 Å². The number of benzene rings is 2. The normalized spacial score (nSPS) is 10.5. The smallest absolute Gasteiger partial charge is 0.271 e. The molecule has 7 heteroatoms. The van der Waals surface area contributed by atoms with Gasteiger partial charge in [-0.25, -0.2) is 5.43 Å². The number of anilines is 1. The summed E-state index contributed by atoms with van der Waals surface area (Å²) in [4.78, 5) is 22.9. The molecule has 2 rings (SSSR count). The quantitative estimate of drug-likeness (QED) is 0.566. The Kier molecular flexibility index (Phi) is 5.48. The molecule has 23 heavy (non-hydrogen) atoms. The van der Waals surface area contributed by atoms with E-state index in [1.807, 2.05) is 0 Å². The van der Waals surface area contributed by atoms with Crippen LogP contribution in [0, 0.1) is 0 Å². The van der Waals surface area contributed by atoms with Crippen LogP contribution < -0.4 is 10.7 Å². The van der Waals surface area contributed by atoms with Gasteiger partial charge in [0.2, 0.25) is 5.91 Å². The number of halogens is 1. The van der Waals surface area contributed by atoms with E-state index in [0.29, 0.717) is 16.8 Å². The third kappa shape index (κ3) is 4.93. The van der Waals surface area contributed by atoms with E-state index in [9.17, 15) is 14.7 Å². The highest BCUT2D eigenvalue weighted by Crippen LogP contribution is 2.19. The van der Waals surface area contributed by atoms with Gasteiger partial charge in [-0.1, -0.05) is 15.9 Å². The van der Waals surface area contributed by atoms with Crippen molar-refractivity contribution in [2.24, 2.45) is 5.10 Å². The van der Waals surface area contributed by atoms with Crippen LogP contribution >= 0.6 is 15.9 Å². The maximum Gasteiger partial charge on any atom is 0.271 e. The highest BCUT2D eigenvalue weighted by Gasteiger charge is 2.05. The number of amides is 2. The molecule has 0 aromatic heterocycles. The van der Waals surface area contributed by atoms with Crippen molar-refractivity contribution in [3.8, 4) is 5.75 Å². The van der Waals surface area contributed by atoms with Crippen molar-refractivity contribution < 1.29 is 14.7 Å². The first-order chi connectivity index (χ1) is 11.0. The lowest BCUT2D eigenvalue weighted by Gasteiger charge is -2.04. The molecule has 0 aliphatic carbocycles. The molecule has 2 amide bonds. The average molecular weight is 376 g/mol. The minimum Gasteiger partial charge on any atom is -0.507 e. The summed E-state index contributed by atoms with van der Waals surface area (Å²) < 4.78 is 0.789. The third-order valence-electron chi connectivity index (χ3n) is 2.83. The van der Waals surface area contributed by atoms with Crippen LogP contribution in [0.4, 0.5) is 5.69 Å². The summed E-state index contributed by atoms with van der Waals surface area (Å²) in [6, 6.07) is 11.3. The topological polar surface area (TPSA) is 90.8 Å². The van der Waals surface area contributed by atoms with E-state index in [1.165, 1.54) is 19.2 Å². The summed E-state index contributed by atoms with van der Waals surface area (Å²) in [5, 5.41) is 16.1. The van der Waals surface area contributed by atoms with Crippen molar-refractivity contribution in [1.82, 2.24) is 5.43 Å². The number of aromatic hydroxyl groups is 1. The van der Waals surface area contributed by atoms with E-state index in [2.05, 4.69) is 31.8 Å². The molecule has 118 valence electrons. The fourth-order valence-electron chi connectivity index (χ4n) is 1.76. The first-order valence-corrected chi connectivity index (χ1v) is 7.44. The monoisotopic (exact) mass is 375 g/mol. The van der Waals surface area contributed by atoms with E-state index in [1.54, 1.807) is 36.4 Å². The van der Waals surface area contributed by atoms with E-state index < -0.39 is 5.91 Å². The zero-order valence-corrected chi connectivity index (χ0v) is 13.8. The van der Waals surface area contributed by atoms with Gasteiger partial charge in [-0.3, -0.25) is 9.59 Å². The molecule has 0 atom stereocenters. The molecular formula is C16H14BrN3O3. The number of hydrogen-bond donors (Lipinski definition) is 3. The second kappa shape index (κ2) is 7.55. The lowest BCUT2D eigenvalue weighted by atomic mass is 10.2. The van der Waals surface area contributed by atoms with E-state index >= 15 is 0 Å². The number of rotatable bonds is 4. The zero-order chi connectivity index (χ0) is 16.8. The van der Waals surface area contributed by atoms with Gasteiger partial charge in [-0.15, -0.1) is 0 Å². The number of carbonyl (C=O) groups is 2. The van der Waals surface area contributed by atoms with Crippen LogP contribution in [0.25, 0.3) is 0 Å². The van der Waals surface area contributed by atoms with Gasteiger partial charge in [0, 0.05) is 28.2 Å². The second-order valence-corrected chi connectivity index (χ2v) is 5.58. The summed E-state index contributed by atoms with van der Waals surface area (Å²) in [5.74, 6) is -0.517. The van der Waals surface area contributed by atoms with Crippen LogP contribution in [0.1, 0.15) is 22.8 Å². The van der Waals surface area contributed by atoms with Gasteiger partial charge in [-0.05, 0) is 42.5 Å². The highest BCUT2D eigenvalue weighted by atomic mass is 79.9. The van der Waals surface area contributed by atoms with Crippen LogP contribution in [0.5, 0.6) is 5.75 Å². The van der Waals surface area contributed by atoms with Crippen LogP contribution in [-0.4, -0.2) is 23.1 Å². The van der Waals surface area contributed by atoms with E-state index in [-0.39, 0.29) is 11.7 Å². The molecule has 0 unspecified atom stereocenters. The Morgan fingerprint density at radius 2 is 1.87 bits per heavy atom. The van der Waals surface area contributed by atoms with Crippen molar-refractivity contribution in [2.75, 3.05) is 5.32 Å². The van der Waals surface area contributed by atoms with Gasteiger partial charge in [0.1, 0.15) is 5.75 Å². The van der Waals surface area contributed by atoms with Crippen LogP contribution in [0.15, 0.2) is 52.0 Å². The molecule has 0 saturated heterocycles. The largest absolute Gasteiger partial charge is 0.507 e. The van der Waals surface area contributed by atoms with Gasteiger partial charge < -0.3 is 10.4 Å². The summed E-state index contributed by atoms with van der Waals surface area (Å²) in [6.07, 6.45) is 1.35. The van der Waals surface area contributed by atoms with Crippen LogP contribution in [0.3, 0.4) is 0 Å². The molecule has 0 heterocycles. The maximum absolute atomic E-state index is 11.9. The maximum atomic E-state index is 11.9. The van der Waals surface area contributed by atoms with Crippen molar-refractivity contribution >= 4 is 39.6 Å². The Balaban J connectivity index is 2.00. The number of nitrogens with zero attached hydrogens (tertiary/aromatic N) is 1. The van der Waals surface area contributed by atoms with Crippen molar-refractivity contribution in [1.29, 1.82) is 0 Å². The molecule has 3 N–H and O–H groups in total. The van der Waals surface area contributed by atoms with Crippen molar-refractivity contribution in [3.05, 3.63) is 58.1 Å². The molecule has 0 spiro atoms. The molecule has 0 radical (unpaired) electrons. The SMILES string of the molecule is CC(=O)Nc1ccc(C(=O)N/N=C/c2cc(Br)ccc2O)cc1. The Labute approximate surface area is 141 Å². The zero-order valence-electron chi connectivity index (χ0n) is 12.2. The summed E-state index contributed by atoms with van der Waals surface area (Å²) >= 11 is 3.29. The van der Waals surface area contributed by atoms with Gasteiger partial charge in [0.25, 0.3) is 5.91 Å². The summed E-state index contributed by atoms with van der Waals surface area (Å²) in [6.45, 7) is 1.41. The minimum absolute atomic E-state index is 0.0610. The number of phenolic OH excluding ortho intramolecular Hbond substituents is 1. The second-order valence-electron chi connectivity index (χ2n) is 4.66. The predicted octanol–water partition coefficient (Wildman–Crippen LogP) is 2.88. The lowest BCUT2D eigenvalue weighted by Crippen LogP contribution is -2.17. The first-order valence-electron chi connectivity index (χ1n) is 6.65. The fraction of sp³-hybridized carbons (Fsp3) is 0.0625. The van der Waals surface area contributed by atoms with Gasteiger partial charge in [0.05, 0.1) is 6.21 Å². The fourth-order valence-corrected chi connectivity index (χ4v) is 2.14. The highest BCUT2D eigenvalue weighted by molar-refractivity contribution is 9.10. The minimum atomic E-state index is -0.398. The molecule has 0 aliphatic heterocycles. The predicted molar refractivity (Wildman–Crippen MR) is 91.6 cm³/mol. The average Bonchev–Trinajstić information content (AvgIpc) is 2.50. The molecular weight excluding hydrogens is 362 g/mol. The van der Waals surface area contributed by atoms with E-state index in [4.69, 9.17) is 0 Å². The molecule has 2 aromatic carbocycles. The number of hydrogen-bond acceptors (Lipinski definition) is 4. The lowest BCUT2D eigenvalue weighted by molar-refractivity contribution is -0.114. The molecule has 0 aliphatic rings. The number of phenols is 1. The molecule has 2 aromatic rings. The van der Waals surface area contributed by atoms with Gasteiger partial charge in [-0.2, -0.15) is 5.10 Å². The number of hydrazone groups is 1. The molecule has 6 nitrogen and oxygen atoms in total. The Hall–Kier alpha value is -2.67. The van der Waals surface area contributed by atoms with Gasteiger partial charge >= 0.3 is 0 Å². The van der Waals surface area contributed by atoms with Crippen LogP contribution in [0.2, 0.25) is 0 Å². The van der Waals surface area contributed by atoms with Crippen molar-refractivity contribution in [2.45, 2.75) is 6.92 Å². The number of carbonyl (C=O) groups excluding carboxylic acids is 2. The Morgan fingerprint density at radius 3 is 2.52 bits per heavy atom. The molecule has 0 bridgehead atoms. The molecule has 0 fully saturated rings. The number of nitrogens with one attached hydrogen (secondary N) is 2. The van der Waals surface area contributed by atoms with Crippen LogP contribution in [-0.2, 0) is 4.79 Å². The third-order valence-corrected chi connectivity index (χ3v) is 3.32. The summed E-state index contributed by atoms with van der Waals surface area (Å²) in [5.41, 5.74) is 3.85. The van der Waals surface area contributed by atoms with E-state index in [0.717, 1.165) is 4.47 Å². The molecule has 0 saturated carbocycles. The Bertz CT molecular complexity index is 758. The van der Waals surface area contributed by atoms with Gasteiger partial charge in [0.15, 0.2) is 0 Å².